The largest absolute Gasteiger partial charge is 0.494 e. The number of carbonyl (C=O) groups excluding carboxylic acids is 1. The second kappa shape index (κ2) is 10.9. The topological polar surface area (TPSA) is 62.1 Å². The molecule has 7 heteroatoms. The van der Waals surface area contributed by atoms with Crippen LogP contribution in [0.4, 0.5) is 0 Å². The summed E-state index contributed by atoms with van der Waals surface area (Å²) in [7, 11) is 0. The number of likely N-dealkylation sites (tertiary alicyclic amines) is 3. The number of hydrogen-bond acceptors (Lipinski definition) is 6. The van der Waals surface area contributed by atoms with Gasteiger partial charge >= 0.3 is 0 Å². The summed E-state index contributed by atoms with van der Waals surface area (Å²) < 4.78 is 11.6. The summed E-state index contributed by atoms with van der Waals surface area (Å²) in [5.41, 5.74) is 1.26. The first kappa shape index (κ1) is 23.4. The Labute approximate surface area is 203 Å². The first-order chi connectivity index (χ1) is 16.7. The van der Waals surface area contributed by atoms with Crippen molar-refractivity contribution in [2.45, 2.75) is 64.0 Å². The zero-order chi connectivity index (χ0) is 23.3. The zero-order valence-corrected chi connectivity index (χ0v) is 20.5. The number of ether oxygens (including phenoxy) is 1. The van der Waals surface area contributed by atoms with Crippen LogP contribution in [0.2, 0.25) is 0 Å². The van der Waals surface area contributed by atoms with Crippen LogP contribution in [0.5, 0.6) is 5.75 Å². The average Bonchev–Trinajstić information content (AvgIpc) is 3.66. The minimum atomic E-state index is -0.0102. The van der Waals surface area contributed by atoms with Crippen molar-refractivity contribution in [1.29, 1.82) is 0 Å². The van der Waals surface area contributed by atoms with Gasteiger partial charge in [0.25, 0.3) is 5.91 Å². The van der Waals surface area contributed by atoms with E-state index in [1.165, 1.54) is 38.5 Å². The molecule has 1 aromatic heterocycles. The molecule has 0 radical (unpaired) electrons. The number of benzene rings is 1. The smallest absolute Gasteiger partial charge is 0.276 e. The van der Waals surface area contributed by atoms with Gasteiger partial charge in [-0.05, 0) is 95.8 Å². The van der Waals surface area contributed by atoms with Crippen molar-refractivity contribution in [3.05, 3.63) is 36.2 Å². The second-order valence-electron chi connectivity index (χ2n) is 10.1. The van der Waals surface area contributed by atoms with Crippen molar-refractivity contribution < 1.29 is 13.9 Å². The van der Waals surface area contributed by atoms with E-state index in [0.29, 0.717) is 24.2 Å². The Morgan fingerprint density at radius 2 is 1.85 bits per heavy atom. The number of rotatable bonds is 9. The molecule has 7 nitrogen and oxygen atoms in total. The zero-order valence-electron chi connectivity index (χ0n) is 20.5. The fraction of sp³-hybridized carbons (Fsp3) is 0.630. The maximum absolute atomic E-state index is 13.2. The van der Waals surface area contributed by atoms with Crippen LogP contribution >= 0.6 is 0 Å². The lowest BCUT2D eigenvalue weighted by Crippen LogP contribution is -2.42. The Bertz CT molecular complexity index is 938. The third-order valence-electron chi connectivity index (χ3n) is 7.68. The number of hydrogen-bond donors (Lipinski definition) is 0. The third kappa shape index (κ3) is 5.47. The quantitative estimate of drug-likeness (QED) is 0.514. The lowest BCUT2D eigenvalue weighted by atomic mass is 10.2. The molecule has 4 heterocycles. The molecule has 34 heavy (non-hydrogen) atoms. The molecule has 0 bridgehead atoms. The minimum absolute atomic E-state index is 0.0102. The average molecular weight is 467 g/mol. The lowest BCUT2D eigenvalue weighted by Gasteiger charge is -2.27. The molecule has 0 saturated carbocycles. The number of carbonyl (C=O) groups is 1. The van der Waals surface area contributed by atoms with Crippen LogP contribution < -0.4 is 4.74 Å². The van der Waals surface area contributed by atoms with Crippen molar-refractivity contribution >= 4 is 5.91 Å². The Balaban J connectivity index is 1.13. The summed E-state index contributed by atoms with van der Waals surface area (Å²) in [5, 5.41) is 0. The van der Waals surface area contributed by atoms with Crippen molar-refractivity contribution in [2.75, 3.05) is 45.9 Å². The molecule has 1 amide bonds. The third-order valence-corrected chi connectivity index (χ3v) is 7.68. The van der Waals surface area contributed by atoms with Gasteiger partial charge in [-0.3, -0.25) is 4.79 Å². The molecule has 0 spiro atoms. The molecule has 3 aliphatic rings. The summed E-state index contributed by atoms with van der Waals surface area (Å²) >= 11 is 0. The summed E-state index contributed by atoms with van der Waals surface area (Å²) in [4.78, 5) is 24.7. The highest BCUT2D eigenvalue weighted by atomic mass is 16.5. The van der Waals surface area contributed by atoms with Gasteiger partial charge in [0.15, 0.2) is 5.69 Å². The van der Waals surface area contributed by atoms with Crippen LogP contribution in [-0.2, 0) is 0 Å². The molecular formula is C27H38N4O3. The number of aromatic nitrogens is 1. The summed E-state index contributed by atoms with van der Waals surface area (Å²) in [5.74, 6) is 1.32. The van der Waals surface area contributed by atoms with E-state index < -0.39 is 0 Å². The highest BCUT2D eigenvalue weighted by Crippen LogP contribution is 2.26. The predicted molar refractivity (Wildman–Crippen MR) is 132 cm³/mol. The monoisotopic (exact) mass is 466 g/mol. The number of amides is 1. The molecule has 5 rings (SSSR count). The first-order valence-corrected chi connectivity index (χ1v) is 13.1. The van der Waals surface area contributed by atoms with Gasteiger partial charge in [0.1, 0.15) is 12.0 Å². The Morgan fingerprint density at radius 3 is 2.62 bits per heavy atom. The van der Waals surface area contributed by atoms with E-state index in [-0.39, 0.29) is 11.9 Å². The maximum atomic E-state index is 13.2. The highest BCUT2D eigenvalue weighted by molar-refractivity contribution is 5.92. The lowest BCUT2D eigenvalue weighted by molar-refractivity contribution is 0.0703. The van der Waals surface area contributed by atoms with Gasteiger partial charge in [0.05, 0.1) is 6.61 Å². The van der Waals surface area contributed by atoms with E-state index in [9.17, 15) is 4.79 Å². The molecule has 3 saturated heterocycles. The van der Waals surface area contributed by atoms with Crippen LogP contribution in [0.1, 0.15) is 62.4 Å². The summed E-state index contributed by atoms with van der Waals surface area (Å²) in [6.07, 6.45) is 9.85. The van der Waals surface area contributed by atoms with E-state index in [1.54, 1.807) is 0 Å². The first-order valence-electron chi connectivity index (χ1n) is 13.1. The minimum Gasteiger partial charge on any atom is -0.494 e. The predicted octanol–water partition coefficient (Wildman–Crippen LogP) is 4.30. The van der Waals surface area contributed by atoms with Gasteiger partial charge < -0.3 is 23.9 Å². The number of oxazole rings is 1. The van der Waals surface area contributed by atoms with Crippen molar-refractivity contribution in [2.24, 2.45) is 0 Å². The molecule has 0 N–H and O–H groups in total. The normalized spacial score (nSPS) is 23.7. The van der Waals surface area contributed by atoms with Gasteiger partial charge in [-0.1, -0.05) is 0 Å². The molecule has 1 aromatic carbocycles. The Hall–Kier alpha value is -2.38. The Kier molecular flexibility index (Phi) is 7.50. The molecule has 1 unspecified atom stereocenters. The summed E-state index contributed by atoms with van der Waals surface area (Å²) in [6, 6.07) is 8.79. The van der Waals surface area contributed by atoms with Gasteiger partial charge in [0.2, 0.25) is 5.89 Å². The fourth-order valence-corrected chi connectivity index (χ4v) is 5.68. The summed E-state index contributed by atoms with van der Waals surface area (Å²) in [6.45, 7) is 9.45. The Morgan fingerprint density at radius 1 is 1.06 bits per heavy atom. The van der Waals surface area contributed by atoms with Crippen molar-refractivity contribution in [1.82, 2.24) is 19.7 Å². The van der Waals surface area contributed by atoms with Crippen LogP contribution in [0.15, 0.2) is 34.9 Å². The van der Waals surface area contributed by atoms with E-state index in [4.69, 9.17) is 9.15 Å². The molecule has 184 valence electrons. The van der Waals surface area contributed by atoms with E-state index in [2.05, 4.69) is 21.7 Å². The fourth-order valence-electron chi connectivity index (χ4n) is 5.68. The molecule has 3 fully saturated rings. The molecular weight excluding hydrogens is 428 g/mol. The molecule has 3 aliphatic heterocycles. The van der Waals surface area contributed by atoms with Crippen LogP contribution in [0, 0.1) is 0 Å². The standard InChI is InChI=1S/C27H38N4O3/c1-21-7-4-15-30(21)16-6-18-33-24-11-9-22(10-12-24)26-28-25(20-34-26)27(32)31-17-5-8-23(31)19-29-13-2-3-14-29/h9-12,20-21,23H,2-8,13-19H2,1H3/t21?,23-/m0/s1. The molecule has 2 aromatic rings. The van der Waals surface area contributed by atoms with Gasteiger partial charge in [0, 0.05) is 37.3 Å². The van der Waals surface area contributed by atoms with E-state index in [1.807, 2.05) is 29.2 Å². The van der Waals surface area contributed by atoms with E-state index in [0.717, 1.165) is 63.3 Å². The van der Waals surface area contributed by atoms with Gasteiger partial charge in [-0.15, -0.1) is 0 Å². The van der Waals surface area contributed by atoms with Crippen LogP contribution in [-0.4, -0.2) is 83.5 Å². The van der Waals surface area contributed by atoms with Gasteiger partial charge in [-0.25, -0.2) is 4.98 Å². The maximum Gasteiger partial charge on any atom is 0.276 e. The van der Waals surface area contributed by atoms with Gasteiger partial charge in [-0.2, -0.15) is 0 Å². The highest BCUT2D eigenvalue weighted by Gasteiger charge is 2.32. The molecule has 0 aliphatic carbocycles. The van der Waals surface area contributed by atoms with Crippen LogP contribution in [0.25, 0.3) is 11.5 Å². The second-order valence-corrected chi connectivity index (χ2v) is 10.1. The number of nitrogens with zero attached hydrogens (tertiary/aromatic N) is 4. The van der Waals surface area contributed by atoms with Crippen molar-refractivity contribution in [3.63, 3.8) is 0 Å². The van der Waals surface area contributed by atoms with Crippen molar-refractivity contribution in [3.8, 4) is 17.2 Å². The van der Waals surface area contributed by atoms with Crippen LogP contribution in [0.3, 0.4) is 0 Å². The molecule has 2 atom stereocenters. The SMILES string of the molecule is CC1CCCN1CCCOc1ccc(-c2nc(C(=O)N3CCC[C@H]3CN3CCCC3)co2)cc1. The van der Waals surface area contributed by atoms with E-state index >= 15 is 0 Å².